The van der Waals surface area contributed by atoms with Crippen LogP contribution in [-0.2, 0) is 11.3 Å². The molecule has 0 amide bonds. The Morgan fingerprint density at radius 3 is 2.71 bits per heavy atom. The molecule has 1 aliphatic heterocycles. The van der Waals surface area contributed by atoms with Crippen molar-refractivity contribution in [2.24, 2.45) is 5.92 Å². The van der Waals surface area contributed by atoms with Gasteiger partial charge < -0.3 is 9.84 Å². The van der Waals surface area contributed by atoms with Crippen molar-refractivity contribution in [3.8, 4) is 5.75 Å². The van der Waals surface area contributed by atoms with Gasteiger partial charge in [-0.3, -0.25) is 14.7 Å². The van der Waals surface area contributed by atoms with Crippen LogP contribution in [0.1, 0.15) is 22.9 Å². The average molecular weight is 326 g/mol. The van der Waals surface area contributed by atoms with E-state index < -0.39 is 5.97 Å². The van der Waals surface area contributed by atoms with Crippen LogP contribution in [0.2, 0.25) is 0 Å². The van der Waals surface area contributed by atoms with Crippen molar-refractivity contribution < 1.29 is 14.6 Å². The number of hydrogen-bond donors (Lipinski definition) is 1. The number of pyridine rings is 1. The van der Waals surface area contributed by atoms with Crippen LogP contribution in [0.25, 0.3) is 0 Å². The average Bonchev–Trinajstić information content (AvgIpc) is 2.99. The number of aromatic nitrogens is 1. The van der Waals surface area contributed by atoms with E-state index in [2.05, 4.69) is 9.88 Å². The molecule has 3 rings (SSSR count). The molecule has 2 heterocycles. The third-order valence-corrected chi connectivity index (χ3v) is 4.54. The Bertz CT molecular complexity index is 718. The number of aliphatic carboxylic acids is 1. The van der Waals surface area contributed by atoms with Crippen molar-refractivity contribution in [2.45, 2.75) is 19.4 Å². The summed E-state index contributed by atoms with van der Waals surface area (Å²) in [6.45, 7) is 3.82. The molecule has 0 radical (unpaired) electrons. The molecule has 0 aliphatic carbocycles. The second-order valence-electron chi connectivity index (χ2n) is 6.30. The summed E-state index contributed by atoms with van der Waals surface area (Å²) in [7, 11) is 1.64. The monoisotopic (exact) mass is 326 g/mol. The summed E-state index contributed by atoms with van der Waals surface area (Å²) >= 11 is 0. The highest BCUT2D eigenvalue weighted by Gasteiger charge is 2.38. The highest BCUT2D eigenvalue weighted by Crippen LogP contribution is 2.33. The van der Waals surface area contributed by atoms with E-state index in [1.165, 1.54) is 0 Å². The van der Waals surface area contributed by atoms with Crippen LogP contribution in [0, 0.1) is 12.8 Å². The van der Waals surface area contributed by atoms with E-state index in [1.807, 2.05) is 49.4 Å². The minimum absolute atomic E-state index is 0.00963. The molecule has 0 unspecified atom stereocenters. The molecule has 1 saturated heterocycles. The fraction of sp³-hybridized carbons (Fsp3) is 0.368. The summed E-state index contributed by atoms with van der Waals surface area (Å²) in [5.41, 5.74) is 2.89. The highest BCUT2D eigenvalue weighted by molar-refractivity contribution is 5.72. The lowest BCUT2D eigenvalue weighted by Crippen LogP contribution is -2.23. The van der Waals surface area contributed by atoms with Crippen LogP contribution in [0.3, 0.4) is 0 Å². The number of benzene rings is 1. The Kier molecular flexibility index (Phi) is 4.81. The maximum absolute atomic E-state index is 11.7. The second-order valence-corrected chi connectivity index (χ2v) is 6.30. The topological polar surface area (TPSA) is 62.7 Å². The van der Waals surface area contributed by atoms with E-state index in [4.69, 9.17) is 4.74 Å². The number of hydrogen-bond acceptors (Lipinski definition) is 4. The number of carboxylic acid groups (broad SMARTS) is 1. The highest BCUT2D eigenvalue weighted by atomic mass is 16.5. The molecular formula is C19H22N2O3. The van der Waals surface area contributed by atoms with Gasteiger partial charge in [0.1, 0.15) is 5.75 Å². The van der Waals surface area contributed by atoms with Crippen molar-refractivity contribution in [1.29, 1.82) is 0 Å². The van der Waals surface area contributed by atoms with Crippen LogP contribution in [-0.4, -0.2) is 41.2 Å². The zero-order valence-corrected chi connectivity index (χ0v) is 14.0. The lowest BCUT2D eigenvalue weighted by atomic mass is 9.89. The minimum atomic E-state index is -0.735. The largest absolute Gasteiger partial charge is 0.497 e. The van der Waals surface area contributed by atoms with Gasteiger partial charge in [-0.2, -0.15) is 0 Å². The SMILES string of the molecule is COc1cc(C)nc(CN2C[C@H](c3ccccc3)[C@H](C(=O)O)C2)c1. The van der Waals surface area contributed by atoms with E-state index in [-0.39, 0.29) is 11.8 Å². The molecule has 0 saturated carbocycles. The summed E-state index contributed by atoms with van der Waals surface area (Å²) in [6.07, 6.45) is 0. The van der Waals surface area contributed by atoms with Crippen molar-refractivity contribution in [2.75, 3.05) is 20.2 Å². The van der Waals surface area contributed by atoms with Crippen molar-refractivity contribution in [3.05, 3.63) is 59.4 Å². The first-order chi connectivity index (χ1) is 11.6. The van der Waals surface area contributed by atoms with Gasteiger partial charge in [-0.1, -0.05) is 30.3 Å². The Morgan fingerprint density at radius 1 is 1.29 bits per heavy atom. The maximum Gasteiger partial charge on any atom is 0.308 e. The van der Waals surface area contributed by atoms with E-state index >= 15 is 0 Å². The van der Waals surface area contributed by atoms with Gasteiger partial charge in [-0.25, -0.2) is 0 Å². The molecule has 0 spiro atoms. The Morgan fingerprint density at radius 2 is 2.04 bits per heavy atom. The molecular weight excluding hydrogens is 304 g/mol. The minimum Gasteiger partial charge on any atom is -0.497 e. The summed E-state index contributed by atoms with van der Waals surface area (Å²) in [5.74, 6) is -0.332. The van der Waals surface area contributed by atoms with Gasteiger partial charge in [0, 0.05) is 43.4 Å². The first kappa shape index (κ1) is 16.5. The first-order valence-electron chi connectivity index (χ1n) is 8.08. The number of likely N-dealkylation sites (tertiary alicyclic amines) is 1. The summed E-state index contributed by atoms with van der Waals surface area (Å²) in [4.78, 5) is 18.4. The number of carbonyl (C=O) groups is 1. The van der Waals surface area contributed by atoms with Crippen LogP contribution in [0.15, 0.2) is 42.5 Å². The molecule has 1 aromatic carbocycles. The molecule has 1 aliphatic rings. The van der Waals surface area contributed by atoms with Gasteiger partial charge in [-0.15, -0.1) is 0 Å². The smallest absolute Gasteiger partial charge is 0.308 e. The van der Waals surface area contributed by atoms with E-state index in [1.54, 1.807) is 7.11 Å². The van der Waals surface area contributed by atoms with Gasteiger partial charge in [0.15, 0.2) is 0 Å². The van der Waals surface area contributed by atoms with Gasteiger partial charge in [0.2, 0.25) is 0 Å². The summed E-state index contributed by atoms with van der Waals surface area (Å²) in [5, 5.41) is 9.59. The van der Waals surface area contributed by atoms with Crippen LogP contribution in [0.4, 0.5) is 0 Å². The van der Waals surface area contributed by atoms with Gasteiger partial charge in [-0.05, 0) is 12.5 Å². The molecule has 1 N–H and O–H groups in total. The fourth-order valence-corrected chi connectivity index (χ4v) is 3.43. The number of nitrogens with zero attached hydrogens (tertiary/aromatic N) is 2. The van der Waals surface area contributed by atoms with Gasteiger partial charge in [0.05, 0.1) is 18.7 Å². The number of methoxy groups -OCH3 is 1. The predicted molar refractivity (Wildman–Crippen MR) is 91.1 cm³/mol. The zero-order valence-electron chi connectivity index (χ0n) is 14.0. The molecule has 2 aromatic rings. The predicted octanol–water partition coefficient (Wildman–Crippen LogP) is 2.70. The van der Waals surface area contributed by atoms with Crippen LogP contribution < -0.4 is 4.74 Å². The zero-order chi connectivity index (χ0) is 17.1. The number of aryl methyl sites for hydroxylation is 1. The normalized spacial score (nSPS) is 20.9. The second kappa shape index (κ2) is 7.01. The lowest BCUT2D eigenvalue weighted by Gasteiger charge is -2.16. The Balaban J connectivity index is 1.78. The number of rotatable bonds is 5. The fourth-order valence-electron chi connectivity index (χ4n) is 3.43. The van der Waals surface area contributed by atoms with Gasteiger partial charge >= 0.3 is 5.97 Å². The molecule has 24 heavy (non-hydrogen) atoms. The van der Waals surface area contributed by atoms with E-state index in [0.29, 0.717) is 13.1 Å². The summed E-state index contributed by atoms with van der Waals surface area (Å²) in [6, 6.07) is 13.7. The third-order valence-electron chi connectivity index (χ3n) is 4.54. The third kappa shape index (κ3) is 3.57. The Hall–Kier alpha value is -2.40. The van der Waals surface area contributed by atoms with Crippen LogP contribution >= 0.6 is 0 Å². The molecule has 0 bridgehead atoms. The molecule has 5 heteroatoms. The number of carboxylic acids is 1. The standard InChI is InChI=1S/C19H22N2O3/c1-13-8-16(24-2)9-15(20-13)10-21-11-17(18(12-21)19(22)23)14-6-4-3-5-7-14/h3-9,17-18H,10-12H2,1-2H3,(H,22,23)/t17-,18-/m1/s1. The Labute approximate surface area is 141 Å². The number of ether oxygens (including phenoxy) is 1. The summed E-state index contributed by atoms with van der Waals surface area (Å²) < 4.78 is 5.30. The first-order valence-corrected chi connectivity index (χ1v) is 8.08. The lowest BCUT2D eigenvalue weighted by molar-refractivity contribution is -0.141. The van der Waals surface area contributed by atoms with E-state index in [0.717, 1.165) is 29.2 Å². The molecule has 126 valence electrons. The molecule has 1 fully saturated rings. The molecule has 2 atom stereocenters. The van der Waals surface area contributed by atoms with E-state index in [9.17, 15) is 9.90 Å². The van der Waals surface area contributed by atoms with Crippen molar-refractivity contribution in [1.82, 2.24) is 9.88 Å². The van der Waals surface area contributed by atoms with Crippen molar-refractivity contribution >= 4 is 5.97 Å². The van der Waals surface area contributed by atoms with Gasteiger partial charge in [0.25, 0.3) is 0 Å². The van der Waals surface area contributed by atoms with Crippen LogP contribution in [0.5, 0.6) is 5.75 Å². The maximum atomic E-state index is 11.7. The molecule has 1 aromatic heterocycles. The van der Waals surface area contributed by atoms with Crippen molar-refractivity contribution in [3.63, 3.8) is 0 Å². The quantitative estimate of drug-likeness (QED) is 0.915. The molecule has 5 nitrogen and oxygen atoms in total.